The summed E-state index contributed by atoms with van der Waals surface area (Å²) in [6.07, 6.45) is 0.919. The van der Waals surface area contributed by atoms with Crippen molar-refractivity contribution >= 4 is 17.6 Å². The molecular formula is C34H41F5N4O4. The summed E-state index contributed by atoms with van der Waals surface area (Å²) in [5, 5.41) is 9.47. The lowest BCUT2D eigenvalue weighted by Crippen LogP contribution is -2.50. The predicted molar refractivity (Wildman–Crippen MR) is 163 cm³/mol. The van der Waals surface area contributed by atoms with E-state index in [0.29, 0.717) is 29.8 Å². The number of halogens is 5. The number of carbonyl (C=O) groups excluding carboxylic acids is 1. The number of rotatable bonds is 8. The van der Waals surface area contributed by atoms with E-state index in [1.807, 2.05) is 4.90 Å². The van der Waals surface area contributed by atoms with Gasteiger partial charge in [0.1, 0.15) is 5.82 Å². The number of ether oxygens (including phenoxy) is 1. The summed E-state index contributed by atoms with van der Waals surface area (Å²) < 4.78 is 78.4. The number of benzene rings is 1. The van der Waals surface area contributed by atoms with Gasteiger partial charge in [-0.15, -0.1) is 0 Å². The van der Waals surface area contributed by atoms with E-state index in [0.717, 1.165) is 44.0 Å². The molecule has 256 valence electrons. The Hall–Kier alpha value is -3.32. The van der Waals surface area contributed by atoms with Crippen molar-refractivity contribution in [2.75, 3.05) is 57.9 Å². The second-order valence-corrected chi connectivity index (χ2v) is 13.6. The highest BCUT2D eigenvalue weighted by Gasteiger charge is 2.58. The zero-order valence-corrected chi connectivity index (χ0v) is 26.4. The largest absolute Gasteiger partial charge is 0.481 e. The molecule has 1 aromatic carbocycles. The number of piperidine rings is 1. The number of carboxylic acids is 1. The van der Waals surface area contributed by atoms with Crippen molar-refractivity contribution in [2.24, 2.45) is 11.8 Å². The van der Waals surface area contributed by atoms with Gasteiger partial charge in [0.05, 0.1) is 30.2 Å². The molecule has 13 heteroatoms. The molecule has 1 amide bonds. The van der Waals surface area contributed by atoms with Crippen molar-refractivity contribution in [1.82, 2.24) is 14.8 Å². The first kappa shape index (κ1) is 33.6. The van der Waals surface area contributed by atoms with Crippen LogP contribution in [0.4, 0.5) is 27.6 Å². The SMILES string of the molecule is COC[C@H]1CN(C(=O)[C@]2(F)CN(C3CCCC3)C[C@H]2c2ccc(F)cn2)C[C@@H]1c1ccc(C(F)(F)F)cc1N1CCC(C(=O)O)CC1. The molecule has 0 unspecified atom stereocenters. The van der Waals surface area contributed by atoms with Gasteiger partial charge < -0.3 is 19.6 Å². The predicted octanol–water partition coefficient (Wildman–Crippen LogP) is 5.48. The number of alkyl halides is 4. The maximum Gasteiger partial charge on any atom is 0.416 e. The number of aromatic nitrogens is 1. The van der Waals surface area contributed by atoms with Crippen molar-refractivity contribution in [3.8, 4) is 0 Å². The molecule has 1 N–H and O–H groups in total. The summed E-state index contributed by atoms with van der Waals surface area (Å²) in [6, 6.07) is 6.38. The molecule has 1 aromatic heterocycles. The van der Waals surface area contributed by atoms with Crippen LogP contribution in [0.1, 0.15) is 67.2 Å². The van der Waals surface area contributed by atoms with Crippen LogP contribution < -0.4 is 4.90 Å². The summed E-state index contributed by atoms with van der Waals surface area (Å²) in [7, 11) is 1.51. The molecular weight excluding hydrogens is 623 g/mol. The van der Waals surface area contributed by atoms with Gasteiger partial charge in [-0.1, -0.05) is 18.9 Å². The number of hydrogen-bond donors (Lipinski definition) is 1. The highest BCUT2D eigenvalue weighted by molar-refractivity contribution is 5.88. The summed E-state index contributed by atoms with van der Waals surface area (Å²) in [4.78, 5) is 35.4. The monoisotopic (exact) mass is 664 g/mol. The molecule has 4 aliphatic rings. The molecule has 0 bridgehead atoms. The molecule has 1 aliphatic carbocycles. The van der Waals surface area contributed by atoms with Crippen LogP contribution in [0.2, 0.25) is 0 Å². The van der Waals surface area contributed by atoms with Crippen molar-refractivity contribution in [1.29, 1.82) is 0 Å². The molecule has 2 aromatic rings. The zero-order chi connectivity index (χ0) is 33.5. The van der Waals surface area contributed by atoms with Crippen molar-refractivity contribution in [3.05, 3.63) is 59.2 Å². The summed E-state index contributed by atoms with van der Waals surface area (Å²) in [5.41, 5.74) is -1.90. The van der Waals surface area contributed by atoms with Crippen LogP contribution in [-0.2, 0) is 20.5 Å². The van der Waals surface area contributed by atoms with E-state index >= 15 is 4.39 Å². The lowest BCUT2D eigenvalue weighted by Gasteiger charge is -2.35. The molecule has 6 rings (SSSR count). The first-order chi connectivity index (χ1) is 22.4. The fourth-order valence-corrected chi connectivity index (χ4v) is 8.25. The number of pyridine rings is 1. The highest BCUT2D eigenvalue weighted by atomic mass is 19.4. The van der Waals surface area contributed by atoms with E-state index in [1.54, 1.807) is 4.90 Å². The van der Waals surface area contributed by atoms with Crippen LogP contribution >= 0.6 is 0 Å². The lowest BCUT2D eigenvalue weighted by atomic mass is 9.86. The fourth-order valence-electron chi connectivity index (χ4n) is 8.25. The fraction of sp³-hybridized carbons (Fsp3) is 0.618. The van der Waals surface area contributed by atoms with Crippen LogP contribution in [0.15, 0.2) is 36.5 Å². The van der Waals surface area contributed by atoms with Gasteiger partial charge >= 0.3 is 12.1 Å². The quantitative estimate of drug-likeness (QED) is 0.375. The third-order valence-electron chi connectivity index (χ3n) is 10.8. The van der Waals surface area contributed by atoms with Crippen LogP contribution in [0.5, 0.6) is 0 Å². The third kappa shape index (κ3) is 6.70. The van der Waals surface area contributed by atoms with Gasteiger partial charge in [0.15, 0.2) is 0 Å². The molecule has 3 aliphatic heterocycles. The molecule has 4 fully saturated rings. The second-order valence-electron chi connectivity index (χ2n) is 13.6. The topological polar surface area (TPSA) is 86.2 Å². The number of hydrogen-bond acceptors (Lipinski definition) is 6. The molecule has 3 saturated heterocycles. The maximum absolute atomic E-state index is 17.4. The minimum atomic E-state index is -4.59. The van der Waals surface area contributed by atoms with E-state index in [2.05, 4.69) is 4.98 Å². The van der Waals surface area contributed by atoms with Crippen molar-refractivity contribution < 1.29 is 41.4 Å². The number of methoxy groups -OCH3 is 1. The normalized spacial score (nSPS) is 28.0. The number of amides is 1. The van der Waals surface area contributed by atoms with Gasteiger partial charge in [0.2, 0.25) is 5.67 Å². The van der Waals surface area contributed by atoms with E-state index in [9.17, 15) is 32.3 Å². The second kappa shape index (κ2) is 13.3. The Morgan fingerprint density at radius 3 is 2.38 bits per heavy atom. The number of carbonyl (C=O) groups is 2. The van der Waals surface area contributed by atoms with E-state index in [4.69, 9.17) is 4.74 Å². The minimum absolute atomic E-state index is 0.0788. The number of nitrogens with zero attached hydrogens (tertiary/aromatic N) is 4. The average molecular weight is 665 g/mol. The van der Waals surface area contributed by atoms with Gasteiger partial charge in [0.25, 0.3) is 5.91 Å². The smallest absolute Gasteiger partial charge is 0.416 e. The molecule has 0 radical (unpaired) electrons. The van der Waals surface area contributed by atoms with E-state index in [1.165, 1.54) is 30.2 Å². The molecule has 4 heterocycles. The molecule has 47 heavy (non-hydrogen) atoms. The van der Waals surface area contributed by atoms with Crippen molar-refractivity contribution in [2.45, 2.75) is 68.2 Å². The van der Waals surface area contributed by atoms with Gasteiger partial charge in [-0.25, -0.2) is 8.78 Å². The molecule has 1 saturated carbocycles. The standard InChI is InChI=1S/C34H41F5N4O4/c1-47-19-22-16-42(32(46)33(36)20-43(25-4-2-3-5-25)18-28(33)29-9-7-24(35)15-40-29)17-27(22)26-8-6-23(34(37,38)39)14-30(26)41-12-10-21(11-13-41)31(44)45/h6-9,14-15,21-22,25,27-28H,2-5,10-13,16-20H2,1H3,(H,44,45)/t22-,27+,28+,33+/m1/s1. The van der Waals surface area contributed by atoms with Gasteiger partial charge in [-0.2, -0.15) is 13.2 Å². The third-order valence-corrected chi connectivity index (χ3v) is 10.8. The Morgan fingerprint density at radius 1 is 1.04 bits per heavy atom. The van der Waals surface area contributed by atoms with E-state index < -0.39 is 52.9 Å². The average Bonchev–Trinajstić information content (AvgIpc) is 3.81. The van der Waals surface area contributed by atoms with Crippen LogP contribution in [0.3, 0.4) is 0 Å². The van der Waals surface area contributed by atoms with Crippen LogP contribution in [-0.4, -0.2) is 96.5 Å². The van der Waals surface area contributed by atoms with Crippen LogP contribution in [0, 0.1) is 17.7 Å². The highest BCUT2D eigenvalue weighted by Crippen LogP contribution is 2.46. The van der Waals surface area contributed by atoms with Crippen LogP contribution in [0.25, 0.3) is 0 Å². The molecule has 4 atom stereocenters. The first-order valence-electron chi connectivity index (χ1n) is 16.4. The maximum atomic E-state index is 17.4. The number of aliphatic carboxylic acids is 1. The summed E-state index contributed by atoms with van der Waals surface area (Å²) in [6.45, 7) is 1.14. The summed E-state index contributed by atoms with van der Waals surface area (Å²) >= 11 is 0. The van der Waals surface area contributed by atoms with Gasteiger partial charge in [-0.05, 0) is 55.5 Å². The zero-order valence-electron chi connectivity index (χ0n) is 26.4. The van der Waals surface area contributed by atoms with Gasteiger partial charge in [0, 0.05) is 75.6 Å². The van der Waals surface area contributed by atoms with Crippen molar-refractivity contribution in [3.63, 3.8) is 0 Å². The number of likely N-dealkylation sites (tertiary alicyclic amines) is 2. The Morgan fingerprint density at radius 2 is 1.77 bits per heavy atom. The Labute approximate surface area is 270 Å². The van der Waals surface area contributed by atoms with E-state index in [-0.39, 0.29) is 57.8 Å². The first-order valence-corrected chi connectivity index (χ1v) is 16.4. The molecule has 0 spiro atoms. The number of carboxylic acid groups (broad SMARTS) is 1. The minimum Gasteiger partial charge on any atom is -0.481 e. The Kier molecular flexibility index (Phi) is 9.50. The lowest BCUT2D eigenvalue weighted by molar-refractivity contribution is -0.143. The Balaban J connectivity index is 1.31. The Bertz CT molecular complexity index is 1440. The number of anilines is 1. The summed E-state index contributed by atoms with van der Waals surface area (Å²) in [5.74, 6) is -4.44. The molecule has 8 nitrogen and oxygen atoms in total. The van der Waals surface area contributed by atoms with Gasteiger partial charge in [-0.3, -0.25) is 19.5 Å².